The Morgan fingerprint density at radius 2 is 2.38 bits per heavy atom. The van der Waals surface area contributed by atoms with Crippen LogP contribution in [-0.2, 0) is 4.74 Å². The number of nitrogens with one attached hydrogen (secondary N) is 2. The van der Waals surface area contributed by atoms with Crippen molar-refractivity contribution < 1.29 is 4.74 Å². The van der Waals surface area contributed by atoms with E-state index in [-0.39, 0.29) is 6.04 Å². The van der Waals surface area contributed by atoms with Crippen molar-refractivity contribution in [3.05, 3.63) is 18.0 Å². The van der Waals surface area contributed by atoms with E-state index < -0.39 is 0 Å². The minimum atomic E-state index is 0.285. The molecule has 0 saturated carbocycles. The van der Waals surface area contributed by atoms with Gasteiger partial charge in [0.2, 0.25) is 0 Å². The smallest absolute Gasteiger partial charge is 0.0613 e. The van der Waals surface area contributed by atoms with Gasteiger partial charge < -0.3 is 10.1 Å². The van der Waals surface area contributed by atoms with E-state index in [2.05, 4.69) is 29.4 Å². The second kappa shape index (κ2) is 4.99. The van der Waals surface area contributed by atoms with Crippen LogP contribution in [0.25, 0.3) is 0 Å². The number of nitrogens with zero attached hydrogens (tertiary/aromatic N) is 1. The van der Waals surface area contributed by atoms with E-state index in [9.17, 15) is 0 Å². The van der Waals surface area contributed by atoms with Crippen LogP contribution in [0.3, 0.4) is 0 Å². The summed E-state index contributed by atoms with van der Waals surface area (Å²) in [5.74, 6) is 0. The molecule has 0 spiro atoms. The van der Waals surface area contributed by atoms with Crippen molar-refractivity contribution in [2.75, 3.05) is 13.7 Å². The summed E-state index contributed by atoms with van der Waals surface area (Å²) in [5, 5.41) is 10.2. The van der Waals surface area contributed by atoms with E-state index in [4.69, 9.17) is 4.74 Å². The molecule has 0 saturated heterocycles. The first-order valence-corrected chi connectivity index (χ1v) is 4.48. The highest BCUT2D eigenvalue weighted by atomic mass is 16.5. The first-order valence-electron chi connectivity index (χ1n) is 4.48. The van der Waals surface area contributed by atoms with Crippen molar-refractivity contribution in [2.45, 2.75) is 25.9 Å². The van der Waals surface area contributed by atoms with Gasteiger partial charge in [-0.1, -0.05) is 0 Å². The van der Waals surface area contributed by atoms with Crippen molar-refractivity contribution in [3.63, 3.8) is 0 Å². The molecule has 4 nitrogen and oxygen atoms in total. The molecule has 2 unspecified atom stereocenters. The van der Waals surface area contributed by atoms with Gasteiger partial charge in [0.05, 0.1) is 12.3 Å². The Hall–Kier alpha value is -0.870. The summed E-state index contributed by atoms with van der Waals surface area (Å²) in [5.41, 5.74) is 1.10. The Kier molecular flexibility index (Phi) is 3.92. The molecule has 0 aliphatic carbocycles. The van der Waals surface area contributed by atoms with E-state index in [0.29, 0.717) is 6.04 Å². The van der Waals surface area contributed by atoms with Crippen molar-refractivity contribution >= 4 is 0 Å². The minimum absolute atomic E-state index is 0.285. The Morgan fingerprint density at radius 1 is 1.62 bits per heavy atom. The maximum Gasteiger partial charge on any atom is 0.0613 e. The molecular weight excluding hydrogens is 166 g/mol. The molecule has 0 bridgehead atoms. The van der Waals surface area contributed by atoms with Gasteiger partial charge in [0.1, 0.15) is 0 Å². The average molecular weight is 183 g/mol. The highest BCUT2D eigenvalue weighted by Crippen LogP contribution is 2.08. The van der Waals surface area contributed by atoms with Crippen LogP contribution in [0, 0.1) is 0 Å². The summed E-state index contributed by atoms with van der Waals surface area (Å²) in [6.45, 7) is 4.91. The van der Waals surface area contributed by atoms with E-state index in [1.165, 1.54) is 0 Å². The molecule has 1 heterocycles. The van der Waals surface area contributed by atoms with E-state index in [1.54, 1.807) is 13.3 Å². The standard InChI is InChI=1S/C9H17N3O/c1-7(6-13-3)11-8(2)9-4-5-10-12-9/h4-5,7-8,11H,6H2,1-3H3,(H,10,12). The minimum Gasteiger partial charge on any atom is -0.383 e. The number of hydrogen-bond acceptors (Lipinski definition) is 3. The Balaban J connectivity index is 2.37. The lowest BCUT2D eigenvalue weighted by atomic mass is 10.2. The molecule has 1 rings (SSSR count). The molecule has 0 aliphatic rings. The molecule has 2 N–H and O–H groups in total. The molecule has 1 aromatic rings. The van der Waals surface area contributed by atoms with Gasteiger partial charge in [-0.25, -0.2) is 0 Å². The van der Waals surface area contributed by atoms with Crippen molar-refractivity contribution in [2.24, 2.45) is 0 Å². The van der Waals surface area contributed by atoms with Gasteiger partial charge in [0, 0.05) is 25.4 Å². The lowest BCUT2D eigenvalue weighted by molar-refractivity contribution is 0.167. The molecule has 0 aromatic carbocycles. The van der Waals surface area contributed by atoms with Gasteiger partial charge in [-0.2, -0.15) is 5.10 Å². The van der Waals surface area contributed by atoms with Crippen LogP contribution in [0.4, 0.5) is 0 Å². The number of H-pyrrole nitrogens is 1. The van der Waals surface area contributed by atoms with E-state index in [0.717, 1.165) is 12.3 Å². The molecule has 4 heteroatoms. The summed E-state index contributed by atoms with van der Waals surface area (Å²) >= 11 is 0. The molecule has 0 fully saturated rings. The van der Waals surface area contributed by atoms with Gasteiger partial charge >= 0.3 is 0 Å². The van der Waals surface area contributed by atoms with Gasteiger partial charge in [0.25, 0.3) is 0 Å². The second-order valence-electron chi connectivity index (χ2n) is 3.26. The topological polar surface area (TPSA) is 49.9 Å². The van der Waals surface area contributed by atoms with Crippen LogP contribution >= 0.6 is 0 Å². The molecule has 0 amide bonds. The van der Waals surface area contributed by atoms with Crippen LogP contribution < -0.4 is 5.32 Å². The predicted octanol–water partition coefficient (Wildman–Crippen LogP) is 1.10. The lowest BCUT2D eigenvalue weighted by Gasteiger charge is -2.17. The second-order valence-corrected chi connectivity index (χ2v) is 3.26. The van der Waals surface area contributed by atoms with Crippen LogP contribution in [0.15, 0.2) is 12.3 Å². The number of aromatic nitrogens is 2. The summed E-state index contributed by atoms with van der Waals surface area (Å²) in [7, 11) is 1.71. The zero-order chi connectivity index (χ0) is 9.68. The van der Waals surface area contributed by atoms with Gasteiger partial charge in [-0.15, -0.1) is 0 Å². The maximum atomic E-state index is 5.03. The van der Waals surface area contributed by atoms with E-state index >= 15 is 0 Å². The SMILES string of the molecule is COCC(C)NC(C)c1ccn[nH]1. The van der Waals surface area contributed by atoms with Gasteiger partial charge in [-0.05, 0) is 19.9 Å². The van der Waals surface area contributed by atoms with Gasteiger partial charge in [-0.3, -0.25) is 5.10 Å². The first kappa shape index (κ1) is 10.2. The summed E-state index contributed by atoms with van der Waals surface area (Å²) in [6.07, 6.45) is 1.76. The monoisotopic (exact) mass is 183 g/mol. The number of ether oxygens (including phenoxy) is 1. The van der Waals surface area contributed by atoms with E-state index in [1.807, 2.05) is 6.07 Å². The number of methoxy groups -OCH3 is 1. The van der Waals surface area contributed by atoms with Crippen LogP contribution in [0.5, 0.6) is 0 Å². The third kappa shape index (κ3) is 3.16. The van der Waals surface area contributed by atoms with Crippen molar-refractivity contribution in [1.29, 1.82) is 0 Å². The Labute approximate surface area is 78.7 Å². The normalized spacial score (nSPS) is 15.6. The zero-order valence-electron chi connectivity index (χ0n) is 8.37. The van der Waals surface area contributed by atoms with Crippen LogP contribution in [0.2, 0.25) is 0 Å². The average Bonchev–Trinajstić information content (AvgIpc) is 2.55. The lowest BCUT2D eigenvalue weighted by Crippen LogP contribution is -2.32. The Morgan fingerprint density at radius 3 is 2.92 bits per heavy atom. The van der Waals surface area contributed by atoms with Gasteiger partial charge in [0.15, 0.2) is 0 Å². The summed E-state index contributed by atoms with van der Waals surface area (Å²) in [6, 6.07) is 2.60. The molecular formula is C9H17N3O. The van der Waals surface area contributed by atoms with Crippen molar-refractivity contribution in [1.82, 2.24) is 15.5 Å². The summed E-state index contributed by atoms with van der Waals surface area (Å²) < 4.78 is 5.03. The number of aromatic amines is 1. The highest BCUT2D eigenvalue weighted by Gasteiger charge is 2.09. The first-order chi connectivity index (χ1) is 6.24. The molecule has 13 heavy (non-hydrogen) atoms. The number of hydrogen-bond donors (Lipinski definition) is 2. The fourth-order valence-corrected chi connectivity index (χ4v) is 1.32. The quantitative estimate of drug-likeness (QED) is 0.718. The molecule has 74 valence electrons. The fraction of sp³-hybridized carbons (Fsp3) is 0.667. The maximum absolute atomic E-state index is 5.03. The molecule has 0 radical (unpaired) electrons. The van der Waals surface area contributed by atoms with Crippen LogP contribution in [-0.4, -0.2) is 30.0 Å². The largest absolute Gasteiger partial charge is 0.383 e. The third-order valence-corrected chi connectivity index (χ3v) is 1.94. The predicted molar refractivity (Wildman–Crippen MR) is 51.5 cm³/mol. The fourth-order valence-electron chi connectivity index (χ4n) is 1.32. The zero-order valence-corrected chi connectivity index (χ0v) is 8.37. The summed E-state index contributed by atoms with van der Waals surface area (Å²) in [4.78, 5) is 0. The molecule has 0 aliphatic heterocycles. The third-order valence-electron chi connectivity index (χ3n) is 1.94. The van der Waals surface area contributed by atoms with Crippen molar-refractivity contribution in [3.8, 4) is 0 Å². The number of rotatable bonds is 5. The highest BCUT2D eigenvalue weighted by molar-refractivity contribution is 5.03. The Bertz CT molecular complexity index is 223. The molecule has 1 aromatic heterocycles. The van der Waals surface area contributed by atoms with Crippen LogP contribution in [0.1, 0.15) is 25.6 Å². The molecule has 2 atom stereocenters.